The average Bonchev–Trinajstić information content (AvgIpc) is 2.95. The molecule has 1 unspecified atom stereocenters. The summed E-state index contributed by atoms with van der Waals surface area (Å²) in [5.74, 6) is 5.88. The molecule has 0 saturated carbocycles. The van der Waals surface area contributed by atoms with E-state index in [2.05, 4.69) is 32.8 Å². The highest BCUT2D eigenvalue weighted by molar-refractivity contribution is 5.94. The number of pyridine rings is 1. The number of nitrogens with zero attached hydrogens (tertiary/aromatic N) is 1. The Balaban J connectivity index is 2.14. The number of hydrogen-bond donors (Lipinski definition) is 3. The molecular formula is C22H28N4O2. The Bertz CT molecular complexity index is 805. The third kappa shape index (κ3) is 7.01. The van der Waals surface area contributed by atoms with Gasteiger partial charge in [-0.25, -0.2) is 0 Å². The molecule has 0 bridgehead atoms. The van der Waals surface area contributed by atoms with Crippen LogP contribution in [0.5, 0.6) is 0 Å². The summed E-state index contributed by atoms with van der Waals surface area (Å²) in [6.45, 7) is 7.20. The maximum Gasteiger partial charge on any atom is 0.249 e. The number of nitrogens with one attached hydrogen (secondary N) is 3. The summed E-state index contributed by atoms with van der Waals surface area (Å²) >= 11 is 0. The Morgan fingerprint density at radius 3 is 2.86 bits per heavy atom. The number of carbonyl (C=O) groups is 2. The van der Waals surface area contributed by atoms with Gasteiger partial charge in [0.05, 0.1) is 0 Å². The highest BCUT2D eigenvalue weighted by Crippen LogP contribution is 2.09. The van der Waals surface area contributed by atoms with Crippen LogP contribution < -0.4 is 16.0 Å². The summed E-state index contributed by atoms with van der Waals surface area (Å²) in [5, 5.41) is 8.99. The fraction of sp³-hybridized carbons (Fsp3) is 0.409. The normalized spacial score (nSPS) is 18.1. The van der Waals surface area contributed by atoms with E-state index in [1.807, 2.05) is 26.0 Å². The van der Waals surface area contributed by atoms with Crippen LogP contribution in [0.4, 0.5) is 0 Å². The Kier molecular flexibility index (Phi) is 8.44. The van der Waals surface area contributed by atoms with Crippen molar-refractivity contribution in [1.82, 2.24) is 20.9 Å². The summed E-state index contributed by atoms with van der Waals surface area (Å²) < 4.78 is 0. The number of aromatic nitrogens is 1. The van der Waals surface area contributed by atoms with Crippen LogP contribution in [0, 0.1) is 18.8 Å². The van der Waals surface area contributed by atoms with E-state index in [9.17, 15) is 9.59 Å². The lowest BCUT2D eigenvalue weighted by atomic mass is 10.1. The third-order valence-corrected chi connectivity index (χ3v) is 4.52. The molecule has 1 atom stereocenters. The predicted molar refractivity (Wildman–Crippen MR) is 110 cm³/mol. The van der Waals surface area contributed by atoms with E-state index in [1.165, 1.54) is 0 Å². The van der Waals surface area contributed by atoms with Gasteiger partial charge in [-0.15, -0.1) is 0 Å². The van der Waals surface area contributed by atoms with Crippen LogP contribution in [0.2, 0.25) is 0 Å². The maximum atomic E-state index is 12.6. The number of hydrogen-bond acceptors (Lipinski definition) is 4. The highest BCUT2D eigenvalue weighted by Gasteiger charge is 2.17. The fourth-order valence-electron chi connectivity index (χ4n) is 2.85. The maximum absolute atomic E-state index is 12.6. The van der Waals surface area contributed by atoms with Gasteiger partial charge >= 0.3 is 0 Å². The fourth-order valence-corrected chi connectivity index (χ4v) is 2.85. The minimum absolute atomic E-state index is 0.0985. The lowest BCUT2D eigenvalue weighted by molar-refractivity contribution is -0.118. The molecular weight excluding hydrogens is 352 g/mol. The van der Waals surface area contributed by atoms with Crippen LogP contribution in [0.15, 0.2) is 41.2 Å². The lowest BCUT2D eigenvalue weighted by Gasteiger charge is -2.17. The smallest absolute Gasteiger partial charge is 0.249 e. The van der Waals surface area contributed by atoms with Crippen molar-refractivity contribution in [3.8, 4) is 11.8 Å². The summed E-state index contributed by atoms with van der Waals surface area (Å²) in [6, 6.07) is 3.91. The number of allylic oxidation sites excluding steroid dienone is 2. The topological polar surface area (TPSA) is 83.1 Å². The molecule has 2 amide bonds. The Morgan fingerprint density at radius 1 is 1.32 bits per heavy atom. The van der Waals surface area contributed by atoms with Gasteiger partial charge in [0, 0.05) is 46.9 Å². The second-order valence-corrected chi connectivity index (χ2v) is 6.94. The first-order valence-electron chi connectivity index (χ1n) is 9.55. The van der Waals surface area contributed by atoms with E-state index in [1.54, 1.807) is 19.2 Å². The van der Waals surface area contributed by atoms with Crippen molar-refractivity contribution in [2.75, 3.05) is 13.1 Å². The van der Waals surface area contributed by atoms with Gasteiger partial charge < -0.3 is 16.0 Å². The molecule has 1 saturated heterocycles. The van der Waals surface area contributed by atoms with Crippen molar-refractivity contribution >= 4 is 12.3 Å². The second-order valence-electron chi connectivity index (χ2n) is 6.94. The lowest BCUT2D eigenvalue weighted by Crippen LogP contribution is -2.41. The van der Waals surface area contributed by atoms with Crippen LogP contribution in [0.1, 0.15) is 44.4 Å². The standard InChI is InChI=1S/C22H28N4O2/c1-16(7-9-19-10-8-17(2)24-13-19)12-21(25-15-27)18(3)22(28)26-20-6-4-5-11-23-14-20/h8,10,12-13,15,20,23H,4-6,11,14H2,1-3H3,(H,25,27)(H,26,28)/b16-12+,21-18-. The number of amides is 2. The van der Waals surface area contributed by atoms with Gasteiger partial charge in [0.15, 0.2) is 0 Å². The van der Waals surface area contributed by atoms with Gasteiger partial charge in [0.2, 0.25) is 12.3 Å². The van der Waals surface area contributed by atoms with Crippen LogP contribution >= 0.6 is 0 Å². The average molecular weight is 380 g/mol. The van der Waals surface area contributed by atoms with E-state index >= 15 is 0 Å². The monoisotopic (exact) mass is 380 g/mol. The molecule has 6 nitrogen and oxygen atoms in total. The molecule has 3 N–H and O–H groups in total. The molecule has 1 aliphatic rings. The SMILES string of the molecule is C/C(C(=O)NC1CCCCNC1)=C(\C=C(/C)C#Cc1ccc(C)nc1)NC=O. The molecule has 2 heterocycles. The molecule has 28 heavy (non-hydrogen) atoms. The van der Waals surface area contributed by atoms with Gasteiger partial charge in [-0.1, -0.05) is 18.3 Å². The van der Waals surface area contributed by atoms with E-state index in [0.29, 0.717) is 17.7 Å². The molecule has 0 spiro atoms. The Morgan fingerprint density at radius 2 is 2.14 bits per heavy atom. The zero-order chi connectivity index (χ0) is 20.4. The Hall–Kier alpha value is -2.91. The van der Waals surface area contributed by atoms with Crippen LogP contribution in [0.25, 0.3) is 0 Å². The minimum Gasteiger partial charge on any atom is -0.348 e. The molecule has 1 aliphatic heterocycles. The minimum atomic E-state index is -0.183. The van der Waals surface area contributed by atoms with E-state index in [4.69, 9.17) is 0 Å². The van der Waals surface area contributed by atoms with E-state index in [0.717, 1.165) is 49.2 Å². The first kappa shape index (κ1) is 21.4. The number of aryl methyl sites for hydroxylation is 1. The zero-order valence-corrected chi connectivity index (χ0v) is 16.8. The second kappa shape index (κ2) is 11.1. The Labute approximate surface area is 166 Å². The zero-order valence-electron chi connectivity index (χ0n) is 16.8. The molecule has 1 aromatic rings. The van der Waals surface area contributed by atoms with Gasteiger partial charge in [0.1, 0.15) is 0 Å². The molecule has 1 fully saturated rings. The largest absolute Gasteiger partial charge is 0.348 e. The van der Waals surface area contributed by atoms with Crippen molar-refractivity contribution in [3.05, 3.63) is 52.5 Å². The van der Waals surface area contributed by atoms with Gasteiger partial charge in [-0.05, 0) is 58.4 Å². The summed E-state index contributed by atoms with van der Waals surface area (Å²) in [7, 11) is 0. The molecule has 1 aromatic heterocycles. The predicted octanol–water partition coefficient (Wildman–Crippen LogP) is 1.97. The molecule has 0 aliphatic carbocycles. The van der Waals surface area contributed by atoms with Crippen molar-refractivity contribution in [1.29, 1.82) is 0 Å². The van der Waals surface area contributed by atoms with Crippen molar-refractivity contribution in [2.45, 2.75) is 46.1 Å². The van der Waals surface area contributed by atoms with Gasteiger partial charge in [-0.2, -0.15) is 0 Å². The van der Waals surface area contributed by atoms with Crippen LogP contribution in [0.3, 0.4) is 0 Å². The van der Waals surface area contributed by atoms with Crippen molar-refractivity contribution in [2.24, 2.45) is 0 Å². The molecule has 0 radical (unpaired) electrons. The van der Waals surface area contributed by atoms with Gasteiger partial charge in [-0.3, -0.25) is 14.6 Å². The first-order valence-corrected chi connectivity index (χ1v) is 9.55. The highest BCUT2D eigenvalue weighted by atomic mass is 16.2. The van der Waals surface area contributed by atoms with Crippen LogP contribution in [-0.2, 0) is 9.59 Å². The van der Waals surface area contributed by atoms with E-state index in [-0.39, 0.29) is 11.9 Å². The molecule has 0 aromatic carbocycles. The van der Waals surface area contributed by atoms with Crippen molar-refractivity contribution < 1.29 is 9.59 Å². The third-order valence-electron chi connectivity index (χ3n) is 4.52. The summed E-state index contributed by atoms with van der Waals surface area (Å²) in [5.41, 5.74) is 3.37. The van der Waals surface area contributed by atoms with Gasteiger partial charge in [0.25, 0.3) is 0 Å². The number of rotatable bonds is 5. The molecule has 148 valence electrons. The summed E-state index contributed by atoms with van der Waals surface area (Å²) in [4.78, 5) is 27.8. The van der Waals surface area contributed by atoms with E-state index < -0.39 is 0 Å². The molecule has 2 rings (SSSR count). The van der Waals surface area contributed by atoms with Crippen molar-refractivity contribution in [3.63, 3.8) is 0 Å². The summed E-state index contributed by atoms with van der Waals surface area (Å²) in [6.07, 6.45) is 7.16. The molecule has 6 heteroatoms. The quantitative estimate of drug-likeness (QED) is 0.316. The first-order chi connectivity index (χ1) is 13.5. The number of carbonyl (C=O) groups excluding carboxylic acids is 2. The van der Waals surface area contributed by atoms with Crippen LogP contribution in [-0.4, -0.2) is 36.4 Å².